The maximum absolute atomic E-state index is 10.7. The molecule has 0 atom stereocenters. The van der Waals surface area contributed by atoms with Crippen LogP contribution in [0.15, 0.2) is 24.3 Å². The summed E-state index contributed by atoms with van der Waals surface area (Å²) < 4.78 is 0. The summed E-state index contributed by atoms with van der Waals surface area (Å²) in [4.78, 5) is 10.7. The third kappa shape index (κ3) is 4.47. The number of rotatable bonds is 4. The number of hydrogen-bond donors (Lipinski definition) is 1. The molecule has 2 nitrogen and oxygen atoms in total. The second-order valence-electron chi connectivity index (χ2n) is 5.42. The van der Waals surface area contributed by atoms with Gasteiger partial charge in [0, 0.05) is 0 Å². The third-order valence-corrected chi connectivity index (χ3v) is 2.59. The summed E-state index contributed by atoms with van der Waals surface area (Å²) in [6.45, 7) is 6.71. The van der Waals surface area contributed by atoms with E-state index in [0.717, 1.165) is 12.8 Å². The number of aryl methyl sites for hydroxylation is 1. The second-order valence-corrected chi connectivity index (χ2v) is 5.42. The molecule has 0 spiro atoms. The first-order valence-corrected chi connectivity index (χ1v) is 5.71. The molecule has 0 aliphatic heterocycles. The van der Waals surface area contributed by atoms with Crippen molar-refractivity contribution in [2.75, 3.05) is 0 Å². The van der Waals surface area contributed by atoms with E-state index in [1.807, 2.05) is 12.1 Å². The Labute approximate surface area is 97.3 Å². The lowest BCUT2D eigenvalue weighted by atomic mass is 9.89. The zero-order valence-electron chi connectivity index (χ0n) is 10.3. The van der Waals surface area contributed by atoms with Crippen molar-refractivity contribution in [2.24, 2.45) is 5.41 Å². The minimum absolute atomic E-state index is 0.361. The molecule has 0 bridgehead atoms. The smallest absolute Gasteiger partial charge is 0.335 e. The molecule has 16 heavy (non-hydrogen) atoms. The van der Waals surface area contributed by atoms with E-state index in [4.69, 9.17) is 5.11 Å². The fourth-order valence-corrected chi connectivity index (χ4v) is 1.64. The van der Waals surface area contributed by atoms with E-state index in [2.05, 4.69) is 20.8 Å². The molecule has 0 aliphatic carbocycles. The first kappa shape index (κ1) is 12.8. The second kappa shape index (κ2) is 5.15. The van der Waals surface area contributed by atoms with Crippen LogP contribution in [0.3, 0.4) is 0 Å². The molecule has 1 N–H and O–H groups in total. The zero-order valence-corrected chi connectivity index (χ0v) is 10.3. The summed E-state index contributed by atoms with van der Waals surface area (Å²) in [6, 6.07) is 7.17. The van der Waals surface area contributed by atoms with Crippen LogP contribution in [0.25, 0.3) is 0 Å². The minimum atomic E-state index is -0.860. The molecule has 0 aromatic heterocycles. The Morgan fingerprint density at radius 2 is 1.75 bits per heavy atom. The van der Waals surface area contributed by atoms with E-state index in [9.17, 15) is 4.79 Å². The number of carboxylic acid groups (broad SMARTS) is 1. The van der Waals surface area contributed by atoms with E-state index in [0.29, 0.717) is 11.0 Å². The van der Waals surface area contributed by atoms with Gasteiger partial charge in [-0.05, 0) is 42.4 Å². The average Bonchev–Trinajstić information content (AvgIpc) is 2.16. The maximum atomic E-state index is 10.7. The molecule has 2 heteroatoms. The van der Waals surface area contributed by atoms with Crippen molar-refractivity contribution in [3.8, 4) is 0 Å². The van der Waals surface area contributed by atoms with Gasteiger partial charge >= 0.3 is 5.97 Å². The van der Waals surface area contributed by atoms with Crippen molar-refractivity contribution in [1.82, 2.24) is 0 Å². The normalized spacial score (nSPS) is 11.4. The van der Waals surface area contributed by atoms with Crippen molar-refractivity contribution in [3.63, 3.8) is 0 Å². The van der Waals surface area contributed by atoms with Gasteiger partial charge < -0.3 is 5.11 Å². The largest absolute Gasteiger partial charge is 0.478 e. The van der Waals surface area contributed by atoms with E-state index < -0.39 is 5.97 Å². The summed E-state index contributed by atoms with van der Waals surface area (Å²) in [7, 11) is 0. The molecule has 1 aromatic rings. The van der Waals surface area contributed by atoms with Crippen molar-refractivity contribution in [2.45, 2.75) is 40.0 Å². The molecule has 0 radical (unpaired) electrons. The lowest BCUT2D eigenvalue weighted by Crippen LogP contribution is -2.05. The van der Waals surface area contributed by atoms with Crippen LogP contribution in [0.2, 0.25) is 0 Å². The molecular weight excluding hydrogens is 200 g/mol. The Morgan fingerprint density at radius 1 is 1.19 bits per heavy atom. The lowest BCUT2D eigenvalue weighted by molar-refractivity contribution is 0.0697. The summed E-state index contributed by atoms with van der Waals surface area (Å²) >= 11 is 0. The molecule has 1 rings (SSSR count). The standard InChI is InChI=1S/C14H20O2/c1-14(2,3)10-4-5-11-6-8-12(9-7-11)13(15)16/h6-9H,4-5,10H2,1-3H3,(H,15,16). The van der Waals surface area contributed by atoms with Gasteiger partial charge in [-0.2, -0.15) is 0 Å². The molecular formula is C14H20O2. The van der Waals surface area contributed by atoms with E-state index in [1.165, 1.54) is 12.0 Å². The van der Waals surface area contributed by atoms with Crippen molar-refractivity contribution < 1.29 is 9.90 Å². The quantitative estimate of drug-likeness (QED) is 0.839. The highest BCUT2D eigenvalue weighted by Crippen LogP contribution is 2.21. The predicted molar refractivity (Wildman–Crippen MR) is 65.8 cm³/mol. The SMILES string of the molecule is CC(C)(C)CCCc1ccc(C(=O)O)cc1. The number of carboxylic acids is 1. The van der Waals surface area contributed by atoms with Crippen LogP contribution in [-0.2, 0) is 6.42 Å². The van der Waals surface area contributed by atoms with Gasteiger partial charge in [-0.15, -0.1) is 0 Å². The van der Waals surface area contributed by atoms with Crippen LogP contribution in [0.1, 0.15) is 49.5 Å². The fraction of sp³-hybridized carbons (Fsp3) is 0.500. The lowest BCUT2D eigenvalue weighted by Gasteiger charge is -2.17. The average molecular weight is 220 g/mol. The van der Waals surface area contributed by atoms with Gasteiger partial charge in [-0.1, -0.05) is 32.9 Å². The summed E-state index contributed by atoms with van der Waals surface area (Å²) in [5.41, 5.74) is 1.95. The molecule has 1 aromatic carbocycles. The van der Waals surface area contributed by atoms with Crippen LogP contribution in [0, 0.1) is 5.41 Å². The Hall–Kier alpha value is -1.31. The molecule has 88 valence electrons. The highest BCUT2D eigenvalue weighted by Gasteiger charge is 2.09. The Morgan fingerprint density at radius 3 is 2.19 bits per heavy atom. The van der Waals surface area contributed by atoms with Crippen LogP contribution < -0.4 is 0 Å². The fourth-order valence-electron chi connectivity index (χ4n) is 1.64. The van der Waals surface area contributed by atoms with Crippen molar-refractivity contribution in [1.29, 1.82) is 0 Å². The van der Waals surface area contributed by atoms with Crippen LogP contribution in [0.4, 0.5) is 0 Å². The van der Waals surface area contributed by atoms with Crippen LogP contribution in [0.5, 0.6) is 0 Å². The van der Waals surface area contributed by atoms with E-state index in [-0.39, 0.29) is 0 Å². The van der Waals surface area contributed by atoms with Gasteiger partial charge in [0.25, 0.3) is 0 Å². The minimum Gasteiger partial charge on any atom is -0.478 e. The van der Waals surface area contributed by atoms with Gasteiger partial charge in [0.15, 0.2) is 0 Å². The molecule has 0 saturated carbocycles. The highest BCUT2D eigenvalue weighted by molar-refractivity contribution is 5.87. The molecule has 0 heterocycles. The Bertz CT molecular complexity index is 344. The van der Waals surface area contributed by atoms with Crippen LogP contribution in [-0.4, -0.2) is 11.1 Å². The van der Waals surface area contributed by atoms with Gasteiger partial charge in [0.1, 0.15) is 0 Å². The predicted octanol–water partition coefficient (Wildman–Crippen LogP) is 3.75. The number of benzene rings is 1. The van der Waals surface area contributed by atoms with Crippen molar-refractivity contribution >= 4 is 5.97 Å². The maximum Gasteiger partial charge on any atom is 0.335 e. The van der Waals surface area contributed by atoms with Gasteiger partial charge in [-0.25, -0.2) is 4.79 Å². The summed E-state index contributed by atoms with van der Waals surface area (Å²) in [5, 5.41) is 8.76. The topological polar surface area (TPSA) is 37.3 Å². The van der Waals surface area contributed by atoms with Crippen LogP contribution >= 0.6 is 0 Å². The van der Waals surface area contributed by atoms with E-state index >= 15 is 0 Å². The first-order chi connectivity index (χ1) is 7.38. The molecule has 0 unspecified atom stereocenters. The Kier molecular flexibility index (Phi) is 4.11. The van der Waals surface area contributed by atoms with Gasteiger partial charge in [-0.3, -0.25) is 0 Å². The molecule has 0 aliphatic rings. The summed E-state index contributed by atoms with van der Waals surface area (Å²) in [6.07, 6.45) is 3.36. The molecule has 0 saturated heterocycles. The third-order valence-electron chi connectivity index (χ3n) is 2.59. The van der Waals surface area contributed by atoms with Crippen molar-refractivity contribution in [3.05, 3.63) is 35.4 Å². The molecule has 0 amide bonds. The Balaban J connectivity index is 2.47. The highest BCUT2D eigenvalue weighted by atomic mass is 16.4. The number of aromatic carboxylic acids is 1. The summed E-state index contributed by atoms with van der Waals surface area (Å²) in [5.74, 6) is -0.860. The number of hydrogen-bond acceptors (Lipinski definition) is 1. The zero-order chi connectivity index (χ0) is 12.2. The monoisotopic (exact) mass is 220 g/mol. The van der Waals surface area contributed by atoms with E-state index in [1.54, 1.807) is 12.1 Å². The van der Waals surface area contributed by atoms with Gasteiger partial charge in [0.2, 0.25) is 0 Å². The van der Waals surface area contributed by atoms with Gasteiger partial charge in [0.05, 0.1) is 5.56 Å². The molecule has 0 fully saturated rings. The number of carbonyl (C=O) groups is 1. The first-order valence-electron chi connectivity index (χ1n) is 5.71.